The van der Waals surface area contributed by atoms with Crippen molar-refractivity contribution in [2.45, 2.75) is 0 Å². The molecule has 1 aliphatic rings. The summed E-state index contributed by atoms with van der Waals surface area (Å²) in [5.74, 6) is -0.0151. The quantitative estimate of drug-likeness (QED) is 0.682. The third-order valence-corrected chi connectivity index (χ3v) is 3.99. The fourth-order valence-corrected chi connectivity index (χ4v) is 2.56. The molecule has 1 aromatic rings. The second kappa shape index (κ2) is 6.57. The van der Waals surface area contributed by atoms with E-state index in [0.29, 0.717) is 22.3 Å². The zero-order valence-corrected chi connectivity index (χ0v) is 12.4. The number of amides is 1. The van der Waals surface area contributed by atoms with Crippen LogP contribution in [0.25, 0.3) is 0 Å². The van der Waals surface area contributed by atoms with E-state index in [1.54, 1.807) is 18.2 Å². The van der Waals surface area contributed by atoms with Crippen LogP contribution >= 0.6 is 23.2 Å². The molecule has 0 spiro atoms. The highest BCUT2D eigenvalue weighted by atomic mass is 35.5. The molecule has 4 nitrogen and oxygen atoms in total. The number of nitrogens with one attached hydrogen (secondary N) is 3. The van der Waals surface area contributed by atoms with Gasteiger partial charge in [-0.25, -0.2) is 0 Å². The molecule has 0 bridgehead atoms. The smallest absolute Gasteiger partial charge is 0.279 e. The number of piperazine rings is 1. The van der Waals surface area contributed by atoms with Crippen LogP contribution < -0.4 is 15.1 Å². The summed E-state index contributed by atoms with van der Waals surface area (Å²) < 4.78 is 0. The highest BCUT2D eigenvalue weighted by Crippen LogP contribution is 2.25. The number of likely N-dealkylation sites (N-methyl/N-ethyl adjacent to an activating group) is 1. The van der Waals surface area contributed by atoms with Crippen LogP contribution in [0.4, 0.5) is 5.69 Å². The van der Waals surface area contributed by atoms with E-state index in [1.807, 2.05) is 0 Å². The van der Waals surface area contributed by atoms with Crippen LogP contribution in [0, 0.1) is 0 Å². The van der Waals surface area contributed by atoms with Gasteiger partial charge in [-0.05, 0) is 18.2 Å². The average Bonchev–Trinajstić information content (AvgIpc) is 2.37. The Kier molecular flexibility index (Phi) is 5.05. The third kappa shape index (κ3) is 4.35. The Bertz CT molecular complexity index is 459. The zero-order chi connectivity index (χ0) is 13.8. The van der Waals surface area contributed by atoms with Crippen molar-refractivity contribution in [1.82, 2.24) is 0 Å². The molecule has 3 N–H and O–H groups in total. The lowest BCUT2D eigenvalue weighted by Crippen LogP contribution is -3.27. The SMILES string of the molecule is C[NH+]1CC[NH+](CC(=O)Nc2cc(Cl)ccc2Cl)CC1. The summed E-state index contributed by atoms with van der Waals surface area (Å²) in [6.45, 7) is 4.77. The fraction of sp³-hybridized carbons (Fsp3) is 0.462. The highest BCUT2D eigenvalue weighted by molar-refractivity contribution is 6.35. The molecule has 1 heterocycles. The molecule has 0 radical (unpaired) electrons. The third-order valence-electron chi connectivity index (χ3n) is 3.42. The first-order valence-electron chi connectivity index (χ1n) is 6.44. The van der Waals surface area contributed by atoms with Crippen molar-refractivity contribution in [3.8, 4) is 0 Å². The minimum Gasteiger partial charge on any atom is -0.328 e. The largest absolute Gasteiger partial charge is 0.328 e. The van der Waals surface area contributed by atoms with E-state index in [4.69, 9.17) is 23.2 Å². The molecule has 19 heavy (non-hydrogen) atoms. The Labute approximate surface area is 123 Å². The predicted molar refractivity (Wildman–Crippen MR) is 77.3 cm³/mol. The Morgan fingerprint density at radius 2 is 1.95 bits per heavy atom. The van der Waals surface area contributed by atoms with E-state index >= 15 is 0 Å². The minimum absolute atomic E-state index is 0.0151. The number of halogens is 2. The topological polar surface area (TPSA) is 38.0 Å². The maximum atomic E-state index is 12.0. The summed E-state index contributed by atoms with van der Waals surface area (Å²) in [6, 6.07) is 5.06. The van der Waals surface area contributed by atoms with E-state index in [9.17, 15) is 4.79 Å². The maximum absolute atomic E-state index is 12.0. The Balaban J connectivity index is 1.89. The molecule has 0 unspecified atom stereocenters. The van der Waals surface area contributed by atoms with Gasteiger partial charge in [0.1, 0.15) is 26.2 Å². The molecule has 6 heteroatoms. The summed E-state index contributed by atoms with van der Waals surface area (Å²) in [5, 5.41) is 3.90. The number of benzene rings is 1. The molecule has 1 saturated heterocycles. The first-order valence-corrected chi connectivity index (χ1v) is 7.20. The lowest BCUT2D eigenvalue weighted by atomic mass is 10.3. The van der Waals surface area contributed by atoms with Crippen LogP contribution in [0.15, 0.2) is 18.2 Å². The van der Waals surface area contributed by atoms with Gasteiger partial charge >= 0.3 is 0 Å². The van der Waals surface area contributed by atoms with Crippen LogP contribution in [0.3, 0.4) is 0 Å². The van der Waals surface area contributed by atoms with Gasteiger partial charge in [-0.3, -0.25) is 4.79 Å². The van der Waals surface area contributed by atoms with Crippen LogP contribution in [-0.2, 0) is 4.79 Å². The van der Waals surface area contributed by atoms with Crippen molar-refractivity contribution in [2.75, 3.05) is 45.1 Å². The zero-order valence-electron chi connectivity index (χ0n) is 10.9. The molecule has 2 rings (SSSR count). The average molecular weight is 304 g/mol. The van der Waals surface area contributed by atoms with Crippen molar-refractivity contribution in [3.05, 3.63) is 28.2 Å². The number of hydrogen-bond donors (Lipinski definition) is 3. The van der Waals surface area contributed by atoms with E-state index in [1.165, 1.54) is 9.80 Å². The van der Waals surface area contributed by atoms with Gasteiger partial charge in [-0.1, -0.05) is 23.2 Å². The molecular formula is C13H19Cl2N3O+2. The highest BCUT2D eigenvalue weighted by Gasteiger charge is 2.22. The predicted octanol–water partition coefficient (Wildman–Crippen LogP) is -0.655. The first-order chi connectivity index (χ1) is 9.04. The van der Waals surface area contributed by atoms with Gasteiger partial charge in [0.05, 0.1) is 17.8 Å². The van der Waals surface area contributed by atoms with Gasteiger partial charge in [0.25, 0.3) is 5.91 Å². The lowest BCUT2D eigenvalue weighted by molar-refractivity contribution is -0.999. The molecule has 1 aliphatic heterocycles. The number of carbonyl (C=O) groups is 1. The first kappa shape index (κ1) is 14.6. The summed E-state index contributed by atoms with van der Waals surface area (Å²) in [6.07, 6.45) is 0. The molecule has 1 fully saturated rings. The van der Waals surface area contributed by atoms with Crippen molar-refractivity contribution < 1.29 is 14.6 Å². The standard InChI is InChI=1S/C13H17Cl2N3O/c1-17-4-6-18(7-5-17)9-13(19)16-12-8-10(14)2-3-11(12)15/h2-3,8H,4-7,9H2,1H3,(H,16,19)/p+2. The van der Waals surface area contributed by atoms with Crippen molar-refractivity contribution in [3.63, 3.8) is 0 Å². The summed E-state index contributed by atoms with van der Waals surface area (Å²) >= 11 is 11.9. The molecule has 0 saturated carbocycles. The molecule has 1 amide bonds. The molecule has 0 aliphatic carbocycles. The molecule has 0 aromatic heterocycles. The Morgan fingerprint density at radius 3 is 2.63 bits per heavy atom. The van der Waals surface area contributed by atoms with Gasteiger partial charge in [0.2, 0.25) is 0 Å². The fourth-order valence-electron chi connectivity index (χ4n) is 2.22. The number of quaternary nitrogens is 2. The molecular weight excluding hydrogens is 285 g/mol. The van der Waals surface area contributed by atoms with Gasteiger partial charge in [0, 0.05) is 5.02 Å². The normalized spacial score (nSPS) is 23.1. The maximum Gasteiger partial charge on any atom is 0.279 e. The molecule has 1 aromatic carbocycles. The summed E-state index contributed by atoms with van der Waals surface area (Å²) in [5.41, 5.74) is 0.582. The molecule has 104 valence electrons. The van der Waals surface area contributed by atoms with Crippen LogP contribution in [0.5, 0.6) is 0 Å². The van der Waals surface area contributed by atoms with Crippen molar-refractivity contribution in [2.24, 2.45) is 0 Å². The second-order valence-corrected chi connectivity index (χ2v) is 5.90. The van der Waals surface area contributed by atoms with Crippen molar-refractivity contribution in [1.29, 1.82) is 0 Å². The molecule has 0 atom stereocenters. The van der Waals surface area contributed by atoms with Crippen LogP contribution in [-0.4, -0.2) is 45.7 Å². The van der Waals surface area contributed by atoms with Crippen LogP contribution in [0.1, 0.15) is 0 Å². The van der Waals surface area contributed by atoms with Gasteiger partial charge in [0.15, 0.2) is 6.54 Å². The minimum atomic E-state index is -0.0151. The summed E-state index contributed by atoms with van der Waals surface area (Å²) in [4.78, 5) is 14.8. The van der Waals surface area contributed by atoms with Crippen LogP contribution in [0.2, 0.25) is 10.0 Å². The van der Waals surface area contributed by atoms with Gasteiger partial charge < -0.3 is 15.1 Å². The Hall–Kier alpha value is -0.810. The van der Waals surface area contributed by atoms with Crippen molar-refractivity contribution >= 4 is 34.8 Å². The number of hydrogen-bond acceptors (Lipinski definition) is 1. The van der Waals surface area contributed by atoms with Gasteiger partial charge in [-0.2, -0.15) is 0 Å². The number of anilines is 1. The Morgan fingerprint density at radius 1 is 1.26 bits per heavy atom. The second-order valence-electron chi connectivity index (χ2n) is 5.06. The van der Waals surface area contributed by atoms with E-state index in [2.05, 4.69) is 12.4 Å². The number of carbonyl (C=O) groups excluding carboxylic acids is 1. The van der Waals surface area contributed by atoms with Gasteiger partial charge in [-0.15, -0.1) is 0 Å². The summed E-state index contributed by atoms with van der Waals surface area (Å²) in [7, 11) is 2.18. The van der Waals surface area contributed by atoms with E-state index < -0.39 is 0 Å². The van der Waals surface area contributed by atoms with E-state index in [0.717, 1.165) is 26.2 Å². The lowest BCUT2D eigenvalue weighted by Gasteiger charge is -2.26. The number of rotatable bonds is 3. The monoisotopic (exact) mass is 303 g/mol. The van der Waals surface area contributed by atoms with E-state index in [-0.39, 0.29) is 5.91 Å².